The zero-order valence-corrected chi connectivity index (χ0v) is 6.66. The first kappa shape index (κ1) is 8.49. The van der Waals surface area contributed by atoms with E-state index in [2.05, 4.69) is 0 Å². The van der Waals surface area contributed by atoms with Crippen LogP contribution in [0.5, 0.6) is 0 Å². The van der Waals surface area contributed by atoms with Crippen LogP contribution in [0.1, 0.15) is 19.8 Å². The van der Waals surface area contributed by atoms with E-state index >= 15 is 0 Å². The second kappa shape index (κ2) is 3.19. The van der Waals surface area contributed by atoms with Crippen LogP contribution in [0.25, 0.3) is 0 Å². The molecule has 1 aliphatic rings. The van der Waals surface area contributed by atoms with Crippen molar-refractivity contribution in [1.82, 2.24) is 5.06 Å². The highest BCUT2D eigenvalue weighted by molar-refractivity contribution is 5.81. The maximum absolute atomic E-state index is 11.1. The summed E-state index contributed by atoms with van der Waals surface area (Å²) >= 11 is 0. The Hall–Kier alpha value is -0.610. The Balaban J connectivity index is 2.38. The van der Waals surface area contributed by atoms with E-state index in [9.17, 15) is 4.79 Å². The van der Waals surface area contributed by atoms with Crippen molar-refractivity contribution in [2.75, 3.05) is 6.54 Å². The molecule has 0 aromatic carbocycles. The summed E-state index contributed by atoms with van der Waals surface area (Å²) in [6.45, 7) is 2.01. The highest BCUT2D eigenvalue weighted by Gasteiger charge is 2.34. The molecule has 4 heteroatoms. The number of hydrogen-bond donors (Lipinski definition) is 2. The molecule has 1 unspecified atom stereocenters. The van der Waals surface area contributed by atoms with E-state index in [-0.39, 0.29) is 5.91 Å². The van der Waals surface area contributed by atoms with E-state index in [1.165, 1.54) is 0 Å². The van der Waals surface area contributed by atoms with E-state index in [0.29, 0.717) is 17.5 Å². The summed E-state index contributed by atoms with van der Waals surface area (Å²) in [6, 6.07) is -0.486. The number of hydrogen-bond acceptors (Lipinski definition) is 3. The van der Waals surface area contributed by atoms with Gasteiger partial charge in [-0.1, -0.05) is 0 Å². The topological polar surface area (TPSA) is 66.6 Å². The molecule has 0 aliphatic heterocycles. The SMILES string of the molecule is CCN(O)C(=O)C(N)C1CC1. The summed E-state index contributed by atoms with van der Waals surface area (Å²) in [6.07, 6.45) is 2.04. The van der Waals surface area contributed by atoms with Crippen LogP contribution in [0, 0.1) is 5.92 Å². The van der Waals surface area contributed by atoms with Crippen molar-refractivity contribution in [2.45, 2.75) is 25.8 Å². The second-order valence-electron chi connectivity index (χ2n) is 2.92. The Morgan fingerprint density at radius 3 is 2.73 bits per heavy atom. The average Bonchev–Trinajstić information content (AvgIpc) is 2.82. The highest BCUT2D eigenvalue weighted by Crippen LogP contribution is 2.31. The predicted octanol–water partition coefficient (Wildman–Crippen LogP) is -0.0386. The zero-order valence-electron chi connectivity index (χ0n) is 6.66. The molecular weight excluding hydrogens is 144 g/mol. The van der Waals surface area contributed by atoms with Crippen molar-refractivity contribution in [3.8, 4) is 0 Å². The molecule has 1 saturated carbocycles. The molecule has 1 aliphatic carbocycles. The fraction of sp³-hybridized carbons (Fsp3) is 0.857. The molecule has 0 spiro atoms. The number of amides is 1. The van der Waals surface area contributed by atoms with Crippen LogP contribution >= 0.6 is 0 Å². The molecule has 11 heavy (non-hydrogen) atoms. The summed E-state index contributed by atoms with van der Waals surface area (Å²) in [5, 5.41) is 9.66. The van der Waals surface area contributed by atoms with Gasteiger partial charge in [-0.3, -0.25) is 10.0 Å². The maximum atomic E-state index is 11.1. The van der Waals surface area contributed by atoms with E-state index in [4.69, 9.17) is 10.9 Å². The summed E-state index contributed by atoms with van der Waals surface area (Å²) in [5.41, 5.74) is 5.55. The van der Waals surface area contributed by atoms with Gasteiger partial charge >= 0.3 is 0 Å². The Bertz CT molecular complexity index is 157. The molecule has 0 radical (unpaired) electrons. The molecule has 0 aromatic heterocycles. The van der Waals surface area contributed by atoms with E-state index in [1.54, 1.807) is 6.92 Å². The van der Waals surface area contributed by atoms with Gasteiger partial charge in [0.1, 0.15) is 0 Å². The quantitative estimate of drug-likeness (QED) is 0.447. The van der Waals surface area contributed by atoms with Crippen LogP contribution in [0.15, 0.2) is 0 Å². The molecule has 0 heterocycles. The van der Waals surface area contributed by atoms with Gasteiger partial charge in [0.15, 0.2) is 0 Å². The second-order valence-corrected chi connectivity index (χ2v) is 2.92. The molecule has 4 nitrogen and oxygen atoms in total. The van der Waals surface area contributed by atoms with Gasteiger partial charge in [0.25, 0.3) is 5.91 Å². The molecule has 0 aromatic rings. The summed E-state index contributed by atoms with van der Waals surface area (Å²) in [5.74, 6) is -0.0429. The molecule has 64 valence electrons. The Labute approximate surface area is 65.9 Å². The normalized spacial score (nSPS) is 19.5. The number of hydroxylamine groups is 2. The largest absolute Gasteiger partial charge is 0.320 e. The van der Waals surface area contributed by atoms with Gasteiger partial charge in [0.05, 0.1) is 6.04 Å². The van der Waals surface area contributed by atoms with Gasteiger partial charge in [-0.25, -0.2) is 5.06 Å². The van der Waals surface area contributed by atoms with Crippen molar-refractivity contribution in [1.29, 1.82) is 0 Å². The molecule has 1 fully saturated rings. The fourth-order valence-corrected chi connectivity index (χ4v) is 0.985. The number of rotatable bonds is 3. The Kier molecular flexibility index (Phi) is 2.46. The van der Waals surface area contributed by atoms with Crippen LogP contribution < -0.4 is 5.73 Å². The first-order valence-corrected chi connectivity index (χ1v) is 3.92. The predicted molar refractivity (Wildman–Crippen MR) is 39.9 cm³/mol. The number of nitrogens with zero attached hydrogens (tertiary/aromatic N) is 1. The summed E-state index contributed by atoms with van der Waals surface area (Å²) < 4.78 is 0. The van der Waals surface area contributed by atoms with E-state index in [1.807, 2.05) is 0 Å². The first-order chi connectivity index (χ1) is 5.16. The van der Waals surface area contributed by atoms with Crippen molar-refractivity contribution in [2.24, 2.45) is 11.7 Å². The van der Waals surface area contributed by atoms with Crippen LogP contribution in [0.3, 0.4) is 0 Å². The molecular formula is C7H14N2O2. The molecule has 1 rings (SSSR count). The highest BCUT2D eigenvalue weighted by atomic mass is 16.5. The molecule has 0 saturated heterocycles. The monoisotopic (exact) mass is 158 g/mol. The summed E-state index contributed by atoms with van der Waals surface area (Å²) in [4.78, 5) is 11.1. The van der Waals surface area contributed by atoms with Crippen LogP contribution in [0.4, 0.5) is 0 Å². The Morgan fingerprint density at radius 1 is 1.82 bits per heavy atom. The van der Waals surface area contributed by atoms with E-state index in [0.717, 1.165) is 12.8 Å². The third-order valence-corrected chi connectivity index (χ3v) is 1.97. The minimum atomic E-state index is -0.486. The smallest absolute Gasteiger partial charge is 0.263 e. The van der Waals surface area contributed by atoms with Crippen LogP contribution in [-0.4, -0.2) is 28.8 Å². The number of likely N-dealkylation sites (N-methyl/N-ethyl adjacent to an activating group) is 1. The van der Waals surface area contributed by atoms with Crippen molar-refractivity contribution < 1.29 is 10.0 Å². The molecule has 3 N–H and O–H groups in total. The minimum absolute atomic E-state index is 0.305. The minimum Gasteiger partial charge on any atom is -0.320 e. The third-order valence-electron chi connectivity index (χ3n) is 1.97. The van der Waals surface area contributed by atoms with Gasteiger partial charge in [-0.05, 0) is 25.7 Å². The standard InChI is InChI=1S/C7H14N2O2/c1-2-9(11)7(10)6(8)5-3-4-5/h5-6,11H,2-4,8H2,1H3. The third kappa shape index (κ3) is 1.91. The first-order valence-electron chi connectivity index (χ1n) is 3.92. The lowest BCUT2D eigenvalue weighted by Gasteiger charge is -2.16. The lowest BCUT2D eigenvalue weighted by atomic mass is 10.2. The molecule has 1 atom stereocenters. The molecule has 0 bridgehead atoms. The number of carbonyl (C=O) groups is 1. The molecule has 1 amide bonds. The Morgan fingerprint density at radius 2 is 2.36 bits per heavy atom. The van der Waals surface area contributed by atoms with Crippen molar-refractivity contribution in [3.63, 3.8) is 0 Å². The number of nitrogens with two attached hydrogens (primary N) is 1. The maximum Gasteiger partial charge on any atom is 0.263 e. The van der Waals surface area contributed by atoms with Gasteiger partial charge in [-0.2, -0.15) is 0 Å². The van der Waals surface area contributed by atoms with Gasteiger partial charge in [0.2, 0.25) is 0 Å². The number of carbonyl (C=O) groups excluding carboxylic acids is 1. The van der Waals surface area contributed by atoms with Gasteiger partial charge < -0.3 is 5.73 Å². The average molecular weight is 158 g/mol. The fourth-order valence-electron chi connectivity index (χ4n) is 0.985. The van der Waals surface area contributed by atoms with Gasteiger partial charge in [-0.15, -0.1) is 0 Å². The van der Waals surface area contributed by atoms with Gasteiger partial charge in [0, 0.05) is 6.54 Å². The van der Waals surface area contributed by atoms with Crippen molar-refractivity contribution in [3.05, 3.63) is 0 Å². The zero-order chi connectivity index (χ0) is 8.43. The summed E-state index contributed by atoms with van der Waals surface area (Å²) in [7, 11) is 0. The lowest BCUT2D eigenvalue weighted by molar-refractivity contribution is -0.166. The van der Waals surface area contributed by atoms with Crippen LogP contribution in [0.2, 0.25) is 0 Å². The van der Waals surface area contributed by atoms with E-state index < -0.39 is 6.04 Å². The lowest BCUT2D eigenvalue weighted by Crippen LogP contribution is -2.43. The van der Waals surface area contributed by atoms with Crippen molar-refractivity contribution >= 4 is 5.91 Å². The van der Waals surface area contributed by atoms with Crippen LogP contribution in [-0.2, 0) is 4.79 Å².